The molecule has 0 aliphatic carbocycles. The molecule has 0 N–H and O–H groups in total. The topological polar surface area (TPSA) is 43.4 Å². The Balaban J connectivity index is 1.92. The van der Waals surface area contributed by atoms with Gasteiger partial charge in [0.25, 0.3) is 0 Å². The number of halogens is 1. The molecule has 0 aliphatic heterocycles. The largest absolute Gasteiger partial charge is 0.445 e. The van der Waals surface area contributed by atoms with E-state index in [0.717, 1.165) is 6.07 Å². The molecule has 0 amide bonds. The van der Waals surface area contributed by atoms with Crippen LogP contribution in [0.5, 0.6) is 0 Å². The number of hydrogen-bond acceptors (Lipinski definition) is 3. The Labute approximate surface area is 144 Å². The molecule has 124 valence electrons. The Morgan fingerprint density at radius 2 is 1.36 bits per heavy atom. The molecule has 0 fully saturated rings. The summed E-state index contributed by atoms with van der Waals surface area (Å²) in [5.74, 6) is -1.63. The fourth-order valence-corrected chi connectivity index (χ4v) is 2.45. The standard InChI is InChI=1S/C21H15FO3/c22-18-13-7-12-17(14-18)21(24)25-20(16-10-5-2-6-11-16)19(23)15-8-3-1-4-9-15/h1-14,20H/t20-/m1/s1. The first kappa shape index (κ1) is 16.6. The SMILES string of the molecule is O=C(O[C@@H](C(=O)c1ccccc1)c1ccccc1)c1cccc(F)c1. The van der Waals surface area contributed by atoms with E-state index in [1.807, 2.05) is 6.07 Å². The second-order valence-corrected chi connectivity index (χ2v) is 5.44. The minimum absolute atomic E-state index is 0.0572. The molecule has 3 aromatic carbocycles. The molecule has 3 rings (SSSR count). The zero-order valence-corrected chi connectivity index (χ0v) is 13.3. The maximum Gasteiger partial charge on any atom is 0.339 e. The third-order valence-electron chi connectivity index (χ3n) is 3.68. The molecule has 0 spiro atoms. The highest BCUT2D eigenvalue weighted by Crippen LogP contribution is 2.24. The first-order valence-corrected chi connectivity index (χ1v) is 7.76. The predicted molar refractivity (Wildman–Crippen MR) is 91.8 cm³/mol. The predicted octanol–water partition coefficient (Wildman–Crippen LogP) is 4.61. The van der Waals surface area contributed by atoms with Crippen LogP contribution in [0.3, 0.4) is 0 Å². The van der Waals surface area contributed by atoms with E-state index in [1.54, 1.807) is 54.6 Å². The molecule has 1 atom stereocenters. The molecule has 0 heterocycles. The monoisotopic (exact) mass is 334 g/mol. The highest BCUT2D eigenvalue weighted by atomic mass is 19.1. The second-order valence-electron chi connectivity index (χ2n) is 5.44. The van der Waals surface area contributed by atoms with Crippen LogP contribution in [0.2, 0.25) is 0 Å². The highest BCUT2D eigenvalue weighted by molar-refractivity contribution is 6.02. The third kappa shape index (κ3) is 3.98. The first-order valence-electron chi connectivity index (χ1n) is 7.76. The van der Waals surface area contributed by atoms with Crippen molar-refractivity contribution in [3.8, 4) is 0 Å². The van der Waals surface area contributed by atoms with Crippen molar-refractivity contribution in [3.05, 3.63) is 107 Å². The third-order valence-corrected chi connectivity index (χ3v) is 3.68. The summed E-state index contributed by atoms with van der Waals surface area (Å²) in [6.07, 6.45) is -1.10. The summed E-state index contributed by atoms with van der Waals surface area (Å²) >= 11 is 0. The maximum atomic E-state index is 13.3. The van der Waals surface area contributed by atoms with Crippen molar-refractivity contribution in [1.82, 2.24) is 0 Å². The molecule has 0 saturated carbocycles. The summed E-state index contributed by atoms with van der Waals surface area (Å²) in [7, 11) is 0. The summed E-state index contributed by atoms with van der Waals surface area (Å²) in [4.78, 5) is 25.2. The number of rotatable bonds is 5. The molecule has 0 radical (unpaired) electrons. The fraction of sp³-hybridized carbons (Fsp3) is 0.0476. The van der Waals surface area contributed by atoms with Crippen molar-refractivity contribution >= 4 is 11.8 Å². The van der Waals surface area contributed by atoms with Crippen LogP contribution in [0.25, 0.3) is 0 Å². The Bertz CT molecular complexity index is 876. The lowest BCUT2D eigenvalue weighted by molar-refractivity contribution is 0.0279. The lowest BCUT2D eigenvalue weighted by Gasteiger charge is -2.17. The van der Waals surface area contributed by atoms with Gasteiger partial charge in [-0.3, -0.25) is 4.79 Å². The number of ketones is 1. The van der Waals surface area contributed by atoms with E-state index in [-0.39, 0.29) is 11.3 Å². The molecule has 0 aromatic heterocycles. The molecule has 3 aromatic rings. The quantitative estimate of drug-likeness (QED) is 0.506. The van der Waals surface area contributed by atoms with Gasteiger partial charge >= 0.3 is 5.97 Å². The van der Waals surface area contributed by atoms with Crippen LogP contribution in [0.1, 0.15) is 32.4 Å². The van der Waals surface area contributed by atoms with E-state index < -0.39 is 17.9 Å². The fourth-order valence-electron chi connectivity index (χ4n) is 2.45. The maximum absolute atomic E-state index is 13.3. The van der Waals surface area contributed by atoms with Gasteiger partial charge in [-0.25, -0.2) is 9.18 Å². The lowest BCUT2D eigenvalue weighted by atomic mass is 10.00. The number of ether oxygens (including phenoxy) is 1. The Kier molecular flexibility index (Phi) is 5.00. The van der Waals surface area contributed by atoms with Gasteiger partial charge in [-0.05, 0) is 18.2 Å². The van der Waals surface area contributed by atoms with Crippen molar-refractivity contribution in [2.75, 3.05) is 0 Å². The van der Waals surface area contributed by atoms with Crippen molar-refractivity contribution in [1.29, 1.82) is 0 Å². The lowest BCUT2D eigenvalue weighted by Crippen LogP contribution is -2.20. The van der Waals surface area contributed by atoms with Gasteiger partial charge in [0.1, 0.15) is 5.82 Å². The van der Waals surface area contributed by atoms with Crippen LogP contribution in [-0.2, 0) is 4.74 Å². The number of carbonyl (C=O) groups excluding carboxylic acids is 2. The van der Waals surface area contributed by atoms with Gasteiger partial charge in [-0.1, -0.05) is 66.7 Å². The van der Waals surface area contributed by atoms with Gasteiger partial charge in [0.15, 0.2) is 6.10 Å². The summed E-state index contributed by atoms with van der Waals surface area (Å²) in [6, 6.07) is 22.5. The van der Waals surface area contributed by atoms with E-state index in [2.05, 4.69) is 0 Å². The summed E-state index contributed by atoms with van der Waals surface area (Å²) in [6.45, 7) is 0. The number of carbonyl (C=O) groups is 2. The van der Waals surface area contributed by atoms with Crippen molar-refractivity contribution in [3.63, 3.8) is 0 Å². The molecule has 0 bridgehead atoms. The molecule has 0 saturated heterocycles. The summed E-state index contributed by atoms with van der Waals surface area (Å²) in [5.41, 5.74) is 1.05. The van der Waals surface area contributed by atoms with Crippen molar-refractivity contribution in [2.24, 2.45) is 0 Å². The molecular weight excluding hydrogens is 319 g/mol. The first-order chi connectivity index (χ1) is 12.1. The minimum atomic E-state index is -1.10. The van der Waals surface area contributed by atoms with E-state index in [4.69, 9.17) is 4.74 Å². The average molecular weight is 334 g/mol. The Morgan fingerprint density at radius 1 is 0.760 bits per heavy atom. The van der Waals surface area contributed by atoms with Gasteiger partial charge in [0.05, 0.1) is 5.56 Å². The number of hydrogen-bond donors (Lipinski definition) is 0. The second kappa shape index (κ2) is 7.53. The molecule has 3 nitrogen and oxygen atoms in total. The van der Waals surface area contributed by atoms with E-state index in [9.17, 15) is 14.0 Å². The molecule has 25 heavy (non-hydrogen) atoms. The van der Waals surface area contributed by atoms with E-state index >= 15 is 0 Å². The van der Waals surface area contributed by atoms with Gasteiger partial charge in [-0.2, -0.15) is 0 Å². The molecule has 4 heteroatoms. The van der Waals surface area contributed by atoms with Gasteiger partial charge in [0.2, 0.25) is 5.78 Å². The molecule has 0 aliphatic rings. The van der Waals surface area contributed by atoms with E-state index in [0.29, 0.717) is 11.1 Å². The number of benzene rings is 3. The van der Waals surface area contributed by atoms with Gasteiger partial charge in [0, 0.05) is 11.1 Å². The number of Topliss-reactive ketones (excluding diaryl/α,β-unsaturated/α-hetero) is 1. The Morgan fingerprint density at radius 3 is 2.00 bits per heavy atom. The molecule has 0 unspecified atom stereocenters. The Hall–Kier alpha value is -3.27. The smallest absolute Gasteiger partial charge is 0.339 e. The summed E-state index contributed by atoms with van der Waals surface area (Å²) in [5, 5.41) is 0. The zero-order valence-electron chi connectivity index (χ0n) is 13.3. The number of esters is 1. The van der Waals surface area contributed by atoms with Crippen molar-refractivity contribution in [2.45, 2.75) is 6.10 Å². The van der Waals surface area contributed by atoms with Gasteiger partial charge in [-0.15, -0.1) is 0 Å². The summed E-state index contributed by atoms with van der Waals surface area (Å²) < 4.78 is 18.8. The van der Waals surface area contributed by atoms with Crippen molar-refractivity contribution < 1.29 is 18.7 Å². The van der Waals surface area contributed by atoms with Crippen LogP contribution < -0.4 is 0 Å². The van der Waals surface area contributed by atoms with Gasteiger partial charge < -0.3 is 4.74 Å². The average Bonchev–Trinajstić information content (AvgIpc) is 2.67. The normalized spacial score (nSPS) is 11.6. The molecular formula is C21H15FO3. The van der Waals surface area contributed by atoms with Crippen LogP contribution in [0.4, 0.5) is 4.39 Å². The van der Waals surface area contributed by atoms with Crippen LogP contribution >= 0.6 is 0 Å². The highest BCUT2D eigenvalue weighted by Gasteiger charge is 2.26. The minimum Gasteiger partial charge on any atom is -0.445 e. The van der Waals surface area contributed by atoms with Crippen LogP contribution in [-0.4, -0.2) is 11.8 Å². The van der Waals surface area contributed by atoms with E-state index in [1.165, 1.54) is 18.2 Å². The zero-order chi connectivity index (χ0) is 17.6. The van der Waals surface area contributed by atoms with Crippen LogP contribution in [0, 0.1) is 5.82 Å². The van der Waals surface area contributed by atoms with Crippen LogP contribution in [0.15, 0.2) is 84.9 Å².